The zero-order valence-electron chi connectivity index (χ0n) is 7.02. The van der Waals surface area contributed by atoms with Crippen molar-refractivity contribution in [2.75, 3.05) is 34.3 Å². The van der Waals surface area contributed by atoms with E-state index in [0.717, 1.165) is 0 Å². The molecule has 0 aromatic heterocycles. The zero-order valence-corrected chi connectivity index (χ0v) is 7.91. The Morgan fingerprint density at radius 1 is 1.31 bits per heavy atom. The van der Waals surface area contributed by atoms with Gasteiger partial charge in [-0.1, -0.05) is 0 Å². The molecule has 0 aromatic rings. The van der Waals surface area contributed by atoms with E-state index in [2.05, 4.69) is 4.52 Å². The van der Waals surface area contributed by atoms with Gasteiger partial charge in [-0.25, -0.2) is 4.57 Å². The molecule has 13 heavy (non-hydrogen) atoms. The fourth-order valence-electron chi connectivity index (χ4n) is 0.434. The van der Waals surface area contributed by atoms with Crippen molar-refractivity contribution in [3.05, 3.63) is 0 Å². The standard InChI is InChI=1S/C5H14NO4P.Ca.Na.3H/c1-6(2,3)4-5-10-11(7,8)9;;;;;/h4-5H2,1-3H3,(H-,7,8,9);;;;;/p+1. The zero-order chi connectivity index (χ0) is 9.12. The molecule has 0 unspecified atom stereocenters. The molecule has 74 valence electrons. The van der Waals surface area contributed by atoms with E-state index in [1.165, 1.54) is 0 Å². The minimum absolute atomic E-state index is 0. The van der Waals surface area contributed by atoms with E-state index >= 15 is 0 Å². The quantitative estimate of drug-likeness (QED) is 0.352. The molecule has 0 saturated heterocycles. The van der Waals surface area contributed by atoms with Gasteiger partial charge in [0.25, 0.3) is 0 Å². The summed E-state index contributed by atoms with van der Waals surface area (Å²) in [7, 11) is 1.50. The summed E-state index contributed by atoms with van der Waals surface area (Å²) in [6.45, 7) is 0.652. The van der Waals surface area contributed by atoms with Crippen molar-refractivity contribution in [2.24, 2.45) is 0 Å². The van der Waals surface area contributed by atoms with Gasteiger partial charge >= 0.3 is 75.1 Å². The minimum atomic E-state index is -4.26. The molecule has 0 aliphatic carbocycles. The van der Waals surface area contributed by atoms with Crippen LogP contribution in [0, 0.1) is 0 Å². The number of hydrogen-bond acceptors (Lipinski definition) is 2. The predicted molar refractivity (Wildman–Crippen MR) is 56.6 cm³/mol. The molecule has 0 fully saturated rings. The average Bonchev–Trinajstić information content (AvgIpc) is 1.55. The maximum atomic E-state index is 10.2. The Hall–Kier alpha value is 2.33. The average molecular weight is 250 g/mol. The summed E-state index contributed by atoms with van der Waals surface area (Å²) in [5.74, 6) is 0. The molecule has 0 heterocycles. The van der Waals surface area contributed by atoms with E-state index in [9.17, 15) is 4.57 Å². The summed E-state index contributed by atoms with van der Waals surface area (Å²) < 4.78 is 15.1. The van der Waals surface area contributed by atoms with Crippen molar-refractivity contribution in [3.8, 4) is 0 Å². The van der Waals surface area contributed by atoms with Crippen molar-refractivity contribution in [1.82, 2.24) is 0 Å². The molecule has 0 aliphatic heterocycles. The molecule has 0 amide bonds. The molecule has 5 nitrogen and oxygen atoms in total. The molecule has 2 N–H and O–H groups in total. The van der Waals surface area contributed by atoms with E-state index in [-0.39, 0.29) is 73.9 Å². The first kappa shape index (κ1) is 20.7. The maximum absolute atomic E-state index is 10.2. The van der Waals surface area contributed by atoms with Crippen LogP contribution in [-0.4, -0.2) is 116 Å². The van der Waals surface area contributed by atoms with Crippen molar-refractivity contribution in [2.45, 2.75) is 0 Å². The number of hydrogen-bond donors (Lipinski definition) is 2. The van der Waals surface area contributed by atoms with Gasteiger partial charge in [-0.2, -0.15) is 0 Å². The topological polar surface area (TPSA) is 66.8 Å². The van der Waals surface area contributed by atoms with Crippen LogP contribution in [0.15, 0.2) is 0 Å². The van der Waals surface area contributed by atoms with E-state index < -0.39 is 7.82 Å². The van der Waals surface area contributed by atoms with Gasteiger partial charge in [0.05, 0.1) is 21.1 Å². The monoisotopic (exact) mass is 250 g/mol. The van der Waals surface area contributed by atoms with E-state index in [1.807, 2.05) is 21.1 Å². The summed E-state index contributed by atoms with van der Waals surface area (Å²) in [6, 6.07) is 0. The summed E-state index contributed by atoms with van der Waals surface area (Å²) in [4.78, 5) is 16.6. The predicted octanol–water partition coefficient (Wildman–Crippen LogP) is -1.76. The van der Waals surface area contributed by atoms with Gasteiger partial charge in [-0.15, -0.1) is 0 Å². The molecular formula is C5H18CaNNaO4P+. The van der Waals surface area contributed by atoms with Crippen molar-refractivity contribution in [3.63, 3.8) is 0 Å². The van der Waals surface area contributed by atoms with E-state index in [4.69, 9.17) is 9.79 Å². The van der Waals surface area contributed by atoms with E-state index in [1.54, 1.807) is 0 Å². The Labute approximate surface area is 131 Å². The third-order valence-corrected chi connectivity index (χ3v) is 1.54. The Morgan fingerprint density at radius 2 is 1.69 bits per heavy atom. The first-order valence-electron chi connectivity index (χ1n) is 3.21. The second-order valence-electron chi connectivity index (χ2n) is 3.34. The number of quaternary nitrogens is 1. The van der Waals surface area contributed by atoms with E-state index in [0.29, 0.717) is 11.0 Å². The molecular weight excluding hydrogens is 232 g/mol. The Bertz CT molecular complexity index is 168. The molecule has 0 aliphatic rings. The van der Waals surface area contributed by atoms with Crippen LogP contribution in [0.25, 0.3) is 0 Å². The first-order chi connectivity index (χ1) is 4.71. The van der Waals surface area contributed by atoms with Gasteiger partial charge in [-0.3, -0.25) is 4.52 Å². The summed E-state index contributed by atoms with van der Waals surface area (Å²) in [5.41, 5.74) is 0. The van der Waals surface area contributed by atoms with Gasteiger partial charge in [0.1, 0.15) is 13.2 Å². The van der Waals surface area contributed by atoms with Crippen molar-refractivity contribution < 1.29 is 23.4 Å². The molecule has 0 spiro atoms. The van der Waals surface area contributed by atoms with Gasteiger partial charge in [-0.05, 0) is 0 Å². The van der Waals surface area contributed by atoms with Gasteiger partial charge in [0.15, 0.2) is 0 Å². The summed E-state index contributed by atoms with van der Waals surface area (Å²) in [6.07, 6.45) is 0. The van der Waals surface area contributed by atoms with Gasteiger partial charge in [0.2, 0.25) is 0 Å². The van der Waals surface area contributed by atoms with Crippen LogP contribution in [0.1, 0.15) is 0 Å². The molecule has 0 bridgehead atoms. The fourth-order valence-corrected chi connectivity index (χ4v) is 0.753. The third-order valence-electron chi connectivity index (χ3n) is 1.02. The van der Waals surface area contributed by atoms with Crippen LogP contribution in [-0.2, 0) is 9.09 Å². The molecule has 0 aromatic carbocycles. The van der Waals surface area contributed by atoms with Crippen LogP contribution in [0.3, 0.4) is 0 Å². The number of nitrogens with zero attached hydrogens (tertiary/aromatic N) is 1. The normalized spacial score (nSPS) is 11.5. The number of phosphoric acid groups is 1. The number of likely N-dealkylation sites (N-methyl/N-ethyl adjacent to an activating group) is 1. The number of rotatable bonds is 4. The molecule has 0 radical (unpaired) electrons. The second-order valence-corrected chi connectivity index (χ2v) is 4.58. The SMILES string of the molecule is C[N+](C)(C)CCOP(=O)(O)O.[CaH2].[NaH]. The van der Waals surface area contributed by atoms with Crippen LogP contribution in [0.2, 0.25) is 0 Å². The Morgan fingerprint density at radius 3 is 1.92 bits per heavy atom. The Balaban J connectivity index is -0.000000500. The van der Waals surface area contributed by atoms with Crippen LogP contribution in [0.5, 0.6) is 0 Å². The summed E-state index contributed by atoms with van der Waals surface area (Å²) in [5, 5.41) is 0. The van der Waals surface area contributed by atoms with Gasteiger partial charge in [0, 0.05) is 0 Å². The Kier molecular flexibility index (Phi) is 13.5. The molecule has 0 saturated carbocycles. The third kappa shape index (κ3) is 20.4. The molecule has 0 atom stereocenters. The molecule has 0 rings (SSSR count). The van der Waals surface area contributed by atoms with Crippen molar-refractivity contribution in [1.29, 1.82) is 0 Å². The fraction of sp³-hybridized carbons (Fsp3) is 1.00. The summed E-state index contributed by atoms with van der Waals surface area (Å²) >= 11 is 0. The second kappa shape index (κ2) is 8.48. The van der Waals surface area contributed by atoms with Gasteiger partial charge < -0.3 is 14.3 Å². The molecule has 8 heteroatoms. The van der Waals surface area contributed by atoms with Crippen LogP contribution in [0.4, 0.5) is 0 Å². The van der Waals surface area contributed by atoms with Crippen LogP contribution < -0.4 is 0 Å². The van der Waals surface area contributed by atoms with Crippen molar-refractivity contribution >= 4 is 75.1 Å². The van der Waals surface area contributed by atoms with Crippen LogP contribution >= 0.6 is 7.82 Å². The number of phosphoric ester groups is 1. The first-order valence-corrected chi connectivity index (χ1v) is 4.74.